The second-order valence-electron chi connectivity index (χ2n) is 4.17. The molecule has 1 heterocycles. The first kappa shape index (κ1) is 12.8. The van der Waals surface area contributed by atoms with Gasteiger partial charge in [-0.1, -0.05) is 35.0 Å². The molecule has 0 aromatic heterocycles. The molecule has 0 N–H and O–H groups in total. The van der Waals surface area contributed by atoms with Crippen molar-refractivity contribution in [3.63, 3.8) is 0 Å². The van der Waals surface area contributed by atoms with E-state index in [1.165, 1.54) is 5.56 Å². The molecule has 1 fully saturated rings. The van der Waals surface area contributed by atoms with Gasteiger partial charge >= 0.3 is 0 Å². The second kappa shape index (κ2) is 5.78. The predicted molar refractivity (Wildman–Crippen MR) is 74.5 cm³/mol. The number of thiol groups is 1. The Hall–Kier alpha value is -0.680. The standard InChI is InChI=1S/C12H15BrN2OS/c1-9-6-7-15(12(9)16)17-14-8-10-2-4-11(13)5-3-10/h2-5,9,17H,6-8H2,1H3. The molecule has 17 heavy (non-hydrogen) atoms. The fourth-order valence-corrected chi connectivity index (χ4v) is 2.81. The van der Waals surface area contributed by atoms with E-state index in [1.807, 2.05) is 35.5 Å². The molecule has 1 unspecified atom stereocenters. The lowest BCUT2D eigenvalue weighted by atomic mass is 10.1. The largest absolute Gasteiger partial charge is 0.280 e. The van der Waals surface area contributed by atoms with E-state index in [0.717, 1.165) is 29.2 Å². The maximum atomic E-state index is 11.6. The monoisotopic (exact) mass is 314 g/mol. The van der Waals surface area contributed by atoms with Crippen molar-refractivity contribution in [1.82, 2.24) is 4.31 Å². The molecule has 92 valence electrons. The average molecular weight is 315 g/mol. The molecule has 1 atom stereocenters. The number of amides is 1. The van der Waals surface area contributed by atoms with Crippen LogP contribution in [-0.4, -0.2) is 16.8 Å². The Bertz CT molecular complexity index is 433. The molecule has 1 aliphatic rings. The first-order chi connectivity index (χ1) is 8.16. The Morgan fingerprint density at radius 2 is 2.18 bits per heavy atom. The summed E-state index contributed by atoms with van der Waals surface area (Å²) in [6, 6.07) is 8.09. The van der Waals surface area contributed by atoms with Gasteiger partial charge in [0.05, 0.1) is 6.54 Å². The Morgan fingerprint density at radius 3 is 2.76 bits per heavy atom. The zero-order chi connectivity index (χ0) is 12.3. The fourth-order valence-electron chi connectivity index (χ4n) is 1.67. The van der Waals surface area contributed by atoms with Gasteiger partial charge in [-0.05, 0) is 35.9 Å². The highest BCUT2D eigenvalue weighted by atomic mass is 79.9. The summed E-state index contributed by atoms with van der Waals surface area (Å²) < 4.78 is 7.28. The van der Waals surface area contributed by atoms with Crippen LogP contribution in [0.4, 0.5) is 0 Å². The average Bonchev–Trinajstić information content (AvgIpc) is 2.64. The molecule has 0 radical (unpaired) electrons. The van der Waals surface area contributed by atoms with Crippen LogP contribution in [0.25, 0.3) is 0 Å². The highest BCUT2D eigenvalue weighted by Crippen LogP contribution is 2.16. The smallest absolute Gasteiger partial charge is 0.235 e. The van der Waals surface area contributed by atoms with Gasteiger partial charge in [0.15, 0.2) is 0 Å². The minimum atomic E-state index is 0.172. The molecule has 1 amide bonds. The van der Waals surface area contributed by atoms with Gasteiger partial charge in [-0.2, -0.15) is 0 Å². The highest BCUT2D eigenvalue weighted by Gasteiger charge is 2.26. The van der Waals surface area contributed by atoms with Crippen molar-refractivity contribution in [2.24, 2.45) is 10.3 Å². The van der Waals surface area contributed by atoms with E-state index in [1.54, 1.807) is 0 Å². The molecule has 5 heteroatoms. The molecular weight excluding hydrogens is 300 g/mol. The summed E-state index contributed by atoms with van der Waals surface area (Å²) in [4.78, 5) is 11.6. The Balaban J connectivity index is 1.90. The lowest BCUT2D eigenvalue weighted by Crippen LogP contribution is -2.21. The molecule has 0 spiro atoms. The van der Waals surface area contributed by atoms with Gasteiger partial charge in [0.25, 0.3) is 0 Å². The van der Waals surface area contributed by atoms with E-state index in [0.29, 0.717) is 6.54 Å². The quantitative estimate of drug-likeness (QED) is 0.855. The minimum Gasteiger partial charge on any atom is -0.280 e. The molecule has 1 aromatic carbocycles. The molecule has 0 bridgehead atoms. The van der Waals surface area contributed by atoms with Crippen molar-refractivity contribution in [2.45, 2.75) is 19.9 Å². The molecular formula is C12H15BrN2OS. The van der Waals surface area contributed by atoms with Crippen molar-refractivity contribution in [1.29, 1.82) is 0 Å². The molecule has 1 saturated heterocycles. The summed E-state index contributed by atoms with van der Waals surface area (Å²) in [5.74, 6) is 0.400. The summed E-state index contributed by atoms with van der Waals surface area (Å²) in [6.07, 6.45) is 0.958. The number of halogens is 1. The topological polar surface area (TPSA) is 32.7 Å². The van der Waals surface area contributed by atoms with Gasteiger partial charge in [0.2, 0.25) is 5.91 Å². The first-order valence-corrected chi connectivity index (χ1v) is 7.19. The number of rotatable bonds is 3. The number of nitrogens with zero attached hydrogens (tertiary/aromatic N) is 2. The fraction of sp³-hybridized carbons (Fsp3) is 0.417. The van der Waals surface area contributed by atoms with E-state index in [2.05, 4.69) is 20.3 Å². The summed E-state index contributed by atoms with van der Waals surface area (Å²) in [5, 5.41) is 0. The van der Waals surface area contributed by atoms with Gasteiger partial charge in [0, 0.05) is 16.9 Å². The van der Waals surface area contributed by atoms with Crippen molar-refractivity contribution >= 4 is 33.6 Å². The predicted octanol–water partition coefficient (Wildman–Crippen LogP) is 2.73. The first-order valence-electron chi connectivity index (χ1n) is 5.60. The molecule has 3 nitrogen and oxygen atoms in total. The Morgan fingerprint density at radius 1 is 1.47 bits per heavy atom. The van der Waals surface area contributed by atoms with Crippen molar-refractivity contribution in [2.75, 3.05) is 6.54 Å². The van der Waals surface area contributed by atoms with E-state index < -0.39 is 0 Å². The van der Waals surface area contributed by atoms with Crippen LogP contribution in [0, 0.1) is 5.92 Å². The lowest BCUT2D eigenvalue weighted by Gasteiger charge is -2.08. The number of benzene rings is 1. The van der Waals surface area contributed by atoms with Gasteiger partial charge in [0.1, 0.15) is 0 Å². The van der Waals surface area contributed by atoms with Crippen LogP contribution in [0.1, 0.15) is 18.9 Å². The van der Waals surface area contributed by atoms with Crippen LogP contribution >= 0.6 is 15.9 Å². The minimum absolute atomic E-state index is 0.172. The molecule has 0 aliphatic carbocycles. The molecule has 1 aromatic rings. The molecule has 2 rings (SSSR count). The van der Waals surface area contributed by atoms with Crippen LogP contribution in [-0.2, 0) is 23.1 Å². The summed E-state index contributed by atoms with van der Waals surface area (Å²) in [6.45, 7) is 3.48. The van der Waals surface area contributed by atoms with E-state index in [-0.39, 0.29) is 11.8 Å². The number of hydrogen-bond acceptors (Lipinski definition) is 2. The number of carbonyl (C=O) groups is 1. The van der Waals surface area contributed by atoms with Crippen LogP contribution in [0.2, 0.25) is 0 Å². The van der Waals surface area contributed by atoms with Crippen molar-refractivity contribution < 1.29 is 4.79 Å². The third-order valence-electron chi connectivity index (χ3n) is 2.79. The van der Waals surface area contributed by atoms with Crippen LogP contribution in [0.15, 0.2) is 33.1 Å². The van der Waals surface area contributed by atoms with Gasteiger partial charge < -0.3 is 0 Å². The second-order valence-corrected chi connectivity index (χ2v) is 6.03. The van der Waals surface area contributed by atoms with Crippen LogP contribution in [0.5, 0.6) is 0 Å². The molecule has 0 saturated carbocycles. The van der Waals surface area contributed by atoms with E-state index in [4.69, 9.17) is 0 Å². The van der Waals surface area contributed by atoms with Crippen molar-refractivity contribution in [3.8, 4) is 0 Å². The van der Waals surface area contributed by atoms with Gasteiger partial charge in [-0.15, -0.1) is 0 Å². The van der Waals surface area contributed by atoms with E-state index >= 15 is 0 Å². The van der Waals surface area contributed by atoms with Crippen LogP contribution in [0.3, 0.4) is 0 Å². The van der Waals surface area contributed by atoms with Crippen molar-refractivity contribution in [3.05, 3.63) is 34.3 Å². The molecule has 1 aliphatic heterocycles. The zero-order valence-electron chi connectivity index (χ0n) is 9.64. The van der Waals surface area contributed by atoms with Gasteiger partial charge in [-0.3, -0.25) is 9.10 Å². The number of hydrogen-bond donors (Lipinski definition) is 1. The maximum Gasteiger partial charge on any atom is 0.235 e. The maximum absolute atomic E-state index is 11.6. The van der Waals surface area contributed by atoms with Crippen LogP contribution < -0.4 is 0 Å². The zero-order valence-corrected chi connectivity index (χ0v) is 12.1. The highest BCUT2D eigenvalue weighted by molar-refractivity contribution is 9.10. The summed E-state index contributed by atoms with van der Waals surface area (Å²) in [7, 11) is 0. The summed E-state index contributed by atoms with van der Waals surface area (Å²) in [5.41, 5.74) is 1.17. The number of carbonyl (C=O) groups excluding carboxylic acids is 1. The summed E-state index contributed by atoms with van der Waals surface area (Å²) >= 11 is 4.18. The Labute approximate surface area is 114 Å². The van der Waals surface area contributed by atoms with Gasteiger partial charge in [-0.25, -0.2) is 4.36 Å². The lowest BCUT2D eigenvalue weighted by molar-refractivity contribution is -0.126. The Kier molecular flexibility index (Phi) is 4.34. The normalized spacial score (nSPS) is 20.9. The third-order valence-corrected chi connectivity index (χ3v) is 4.20. The SMILES string of the molecule is CC1CCN([SH]=NCc2ccc(Br)cc2)C1=O. The van der Waals surface area contributed by atoms with E-state index in [9.17, 15) is 4.79 Å². The third kappa shape index (κ3) is 3.39.